The third-order valence-electron chi connectivity index (χ3n) is 2.53. The molecular weight excluding hydrogens is 262 g/mol. The molecule has 2 aromatic rings. The van der Waals surface area contributed by atoms with Gasteiger partial charge in [-0.25, -0.2) is 0 Å². The fraction of sp³-hybridized carbons (Fsp3) is 0.0769. The molecule has 0 aliphatic carbocycles. The summed E-state index contributed by atoms with van der Waals surface area (Å²) in [6, 6.07) is 10.4. The van der Waals surface area contributed by atoms with E-state index < -0.39 is 4.92 Å². The Balaban J connectivity index is 2.37. The zero-order valence-electron chi connectivity index (χ0n) is 10.6. The molecule has 0 radical (unpaired) electrons. The van der Waals surface area contributed by atoms with Crippen molar-refractivity contribution >= 4 is 17.1 Å². The Labute approximate surface area is 114 Å². The van der Waals surface area contributed by atoms with Gasteiger partial charge in [-0.05, 0) is 18.2 Å². The van der Waals surface area contributed by atoms with Crippen molar-refractivity contribution in [3.05, 3.63) is 52.6 Å². The predicted octanol–water partition coefficient (Wildman–Crippen LogP) is 3.72. The first-order valence-electron chi connectivity index (χ1n) is 5.64. The van der Waals surface area contributed by atoms with Crippen molar-refractivity contribution in [1.82, 2.24) is 0 Å². The highest BCUT2D eigenvalue weighted by atomic mass is 16.6. The minimum atomic E-state index is -0.542. The molecule has 7 heteroatoms. The maximum absolute atomic E-state index is 10.8. The molecule has 0 aliphatic rings. The number of nitro benzene ring substituents is 1. The maximum atomic E-state index is 10.8. The number of rotatable bonds is 4. The lowest BCUT2D eigenvalue weighted by molar-refractivity contribution is -0.384. The van der Waals surface area contributed by atoms with Gasteiger partial charge >= 0.3 is 0 Å². The number of aromatic hydroxyl groups is 1. The lowest BCUT2D eigenvalue weighted by atomic mass is 10.3. The molecule has 0 unspecified atom stereocenters. The summed E-state index contributed by atoms with van der Waals surface area (Å²) in [6.45, 7) is 0. The number of hydrogen-bond acceptors (Lipinski definition) is 6. The molecule has 0 spiro atoms. The van der Waals surface area contributed by atoms with Gasteiger partial charge in [0.2, 0.25) is 0 Å². The molecule has 1 N–H and O–H groups in total. The van der Waals surface area contributed by atoms with Gasteiger partial charge in [0, 0.05) is 12.1 Å². The molecule has 2 rings (SSSR count). The van der Waals surface area contributed by atoms with Crippen molar-refractivity contribution < 1.29 is 14.8 Å². The minimum absolute atomic E-state index is 0.0897. The molecule has 0 saturated heterocycles. The van der Waals surface area contributed by atoms with E-state index in [-0.39, 0.29) is 22.8 Å². The maximum Gasteiger partial charge on any atom is 0.296 e. The summed E-state index contributed by atoms with van der Waals surface area (Å²) in [6.07, 6.45) is 0. The van der Waals surface area contributed by atoms with E-state index in [1.165, 1.54) is 31.4 Å². The van der Waals surface area contributed by atoms with E-state index in [1.807, 2.05) is 0 Å². The van der Waals surface area contributed by atoms with E-state index in [9.17, 15) is 15.2 Å². The summed E-state index contributed by atoms with van der Waals surface area (Å²) in [7, 11) is 1.48. The van der Waals surface area contributed by atoms with Gasteiger partial charge in [-0.3, -0.25) is 10.1 Å². The van der Waals surface area contributed by atoms with Crippen LogP contribution < -0.4 is 4.74 Å². The molecule has 102 valence electrons. The summed E-state index contributed by atoms with van der Waals surface area (Å²) in [5.41, 5.74) is 0.126. The molecule has 0 heterocycles. The number of hydrogen-bond donors (Lipinski definition) is 1. The van der Waals surface area contributed by atoms with Gasteiger partial charge in [-0.2, -0.15) is 0 Å². The van der Waals surface area contributed by atoms with Gasteiger partial charge in [0.15, 0.2) is 5.69 Å². The topological polar surface area (TPSA) is 97.3 Å². The van der Waals surface area contributed by atoms with Gasteiger partial charge in [-0.15, -0.1) is 10.2 Å². The van der Waals surface area contributed by atoms with Crippen LogP contribution in [0.15, 0.2) is 52.7 Å². The Morgan fingerprint density at radius 2 is 1.85 bits per heavy atom. The molecule has 0 aliphatic heterocycles. The number of methoxy groups -OCH3 is 1. The molecular formula is C13H11N3O4. The summed E-state index contributed by atoms with van der Waals surface area (Å²) >= 11 is 0. The van der Waals surface area contributed by atoms with Crippen LogP contribution in [0.25, 0.3) is 0 Å². The first-order chi connectivity index (χ1) is 9.61. The number of para-hydroxylation sites is 1. The Morgan fingerprint density at radius 3 is 2.55 bits per heavy atom. The van der Waals surface area contributed by atoms with Crippen molar-refractivity contribution in [2.45, 2.75) is 0 Å². The van der Waals surface area contributed by atoms with Crippen LogP contribution in [0.4, 0.5) is 17.1 Å². The van der Waals surface area contributed by atoms with Crippen molar-refractivity contribution in [2.75, 3.05) is 7.11 Å². The smallest absolute Gasteiger partial charge is 0.296 e. The zero-order valence-corrected chi connectivity index (χ0v) is 10.6. The third-order valence-corrected chi connectivity index (χ3v) is 2.53. The van der Waals surface area contributed by atoms with Gasteiger partial charge in [0.1, 0.15) is 17.2 Å². The largest absolute Gasteiger partial charge is 0.506 e. The Kier molecular flexibility index (Phi) is 3.90. The van der Waals surface area contributed by atoms with Crippen molar-refractivity contribution in [2.24, 2.45) is 10.2 Å². The molecule has 0 aromatic heterocycles. The highest BCUT2D eigenvalue weighted by molar-refractivity contribution is 5.58. The van der Waals surface area contributed by atoms with E-state index >= 15 is 0 Å². The standard InChI is InChI=1S/C13H11N3O4/c1-20-9-6-7-13(17)11(8-9)15-14-10-4-2-3-5-12(10)16(18)19/h2-8,17H,1H3. The van der Waals surface area contributed by atoms with E-state index in [0.717, 1.165) is 0 Å². The second-order valence-electron chi connectivity index (χ2n) is 3.80. The molecule has 0 bridgehead atoms. The summed E-state index contributed by atoms with van der Waals surface area (Å²) < 4.78 is 5.00. The lowest BCUT2D eigenvalue weighted by Gasteiger charge is -2.02. The van der Waals surface area contributed by atoms with Crippen LogP contribution in [-0.2, 0) is 0 Å². The molecule has 0 saturated carbocycles. The summed E-state index contributed by atoms with van der Waals surface area (Å²) in [5.74, 6) is 0.410. The molecule has 2 aromatic carbocycles. The Morgan fingerprint density at radius 1 is 1.15 bits per heavy atom. The van der Waals surface area contributed by atoms with E-state index in [0.29, 0.717) is 5.75 Å². The van der Waals surface area contributed by atoms with Crippen molar-refractivity contribution in [1.29, 1.82) is 0 Å². The van der Waals surface area contributed by atoms with Gasteiger partial charge in [0.05, 0.1) is 12.0 Å². The van der Waals surface area contributed by atoms with Crippen LogP contribution in [0, 0.1) is 10.1 Å². The van der Waals surface area contributed by atoms with E-state index in [1.54, 1.807) is 18.2 Å². The van der Waals surface area contributed by atoms with Crippen LogP contribution >= 0.6 is 0 Å². The Bertz CT molecular complexity index is 670. The number of benzene rings is 2. The van der Waals surface area contributed by atoms with Crippen LogP contribution in [0.3, 0.4) is 0 Å². The lowest BCUT2D eigenvalue weighted by Crippen LogP contribution is -1.87. The number of azo groups is 1. The highest BCUT2D eigenvalue weighted by Gasteiger charge is 2.11. The predicted molar refractivity (Wildman–Crippen MR) is 71.9 cm³/mol. The number of phenolic OH excluding ortho intramolecular Hbond substituents is 1. The van der Waals surface area contributed by atoms with Crippen LogP contribution in [-0.4, -0.2) is 17.1 Å². The SMILES string of the molecule is COc1ccc(O)c(N=Nc2ccccc2[N+](=O)[O-])c1. The van der Waals surface area contributed by atoms with Crippen LogP contribution in [0.1, 0.15) is 0 Å². The van der Waals surface area contributed by atoms with Crippen LogP contribution in [0.2, 0.25) is 0 Å². The van der Waals surface area contributed by atoms with Gasteiger partial charge in [0.25, 0.3) is 5.69 Å². The molecule has 0 fully saturated rings. The number of ether oxygens (including phenoxy) is 1. The summed E-state index contributed by atoms with van der Waals surface area (Å²) in [5, 5.41) is 28.1. The van der Waals surface area contributed by atoms with Crippen LogP contribution in [0.5, 0.6) is 11.5 Å². The van der Waals surface area contributed by atoms with E-state index in [2.05, 4.69) is 10.2 Å². The average Bonchev–Trinajstić information content (AvgIpc) is 2.46. The van der Waals surface area contributed by atoms with Gasteiger partial charge in [-0.1, -0.05) is 12.1 Å². The monoisotopic (exact) mass is 273 g/mol. The highest BCUT2D eigenvalue weighted by Crippen LogP contribution is 2.33. The summed E-state index contributed by atoms with van der Waals surface area (Å²) in [4.78, 5) is 10.3. The second kappa shape index (κ2) is 5.79. The Hall–Kier alpha value is -2.96. The average molecular weight is 273 g/mol. The van der Waals surface area contributed by atoms with Gasteiger partial charge < -0.3 is 9.84 Å². The number of nitro groups is 1. The molecule has 0 atom stereocenters. The first kappa shape index (κ1) is 13.5. The number of phenols is 1. The minimum Gasteiger partial charge on any atom is -0.506 e. The fourth-order valence-electron chi connectivity index (χ4n) is 1.52. The third kappa shape index (κ3) is 2.89. The van der Waals surface area contributed by atoms with Crippen molar-refractivity contribution in [3.63, 3.8) is 0 Å². The zero-order chi connectivity index (χ0) is 14.5. The molecule has 7 nitrogen and oxygen atoms in total. The normalized spacial score (nSPS) is 10.7. The van der Waals surface area contributed by atoms with Crippen molar-refractivity contribution in [3.8, 4) is 11.5 Å². The fourth-order valence-corrected chi connectivity index (χ4v) is 1.52. The molecule has 0 amide bonds. The second-order valence-corrected chi connectivity index (χ2v) is 3.80. The quantitative estimate of drug-likeness (QED) is 0.521. The van der Waals surface area contributed by atoms with E-state index in [4.69, 9.17) is 4.74 Å². The molecule has 20 heavy (non-hydrogen) atoms. The first-order valence-corrected chi connectivity index (χ1v) is 5.64. The number of nitrogens with zero attached hydrogens (tertiary/aromatic N) is 3.